The average Bonchev–Trinajstić information content (AvgIpc) is 2.43. The Balaban J connectivity index is 2.83. The molecule has 20 heavy (non-hydrogen) atoms. The predicted molar refractivity (Wildman–Crippen MR) is 70.7 cm³/mol. The highest BCUT2D eigenvalue weighted by molar-refractivity contribution is 5.87. The Kier molecular flexibility index (Phi) is 6.64. The predicted octanol–water partition coefficient (Wildman–Crippen LogP) is 1.89. The molecule has 0 aromatic heterocycles. The number of carboxylic acid groups (broad SMARTS) is 1. The van der Waals surface area contributed by atoms with Crippen molar-refractivity contribution in [2.75, 3.05) is 26.8 Å². The first-order chi connectivity index (χ1) is 9.58. The highest BCUT2D eigenvalue weighted by atomic mass is 19.1. The summed E-state index contributed by atoms with van der Waals surface area (Å²) in [4.78, 5) is 12.8. The van der Waals surface area contributed by atoms with Crippen molar-refractivity contribution in [1.82, 2.24) is 4.90 Å². The van der Waals surface area contributed by atoms with Crippen LogP contribution in [0, 0.1) is 17.1 Å². The van der Waals surface area contributed by atoms with Crippen LogP contribution in [0.15, 0.2) is 18.2 Å². The van der Waals surface area contributed by atoms with Gasteiger partial charge < -0.3 is 9.84 Å². The molecule has 1 aromatic carbocycles. The van der Waals surface area contributed by atoms with Crippen LogP contribution < -0.4 is 0 Å². The minimum absolute atomic E-state index is 0.0494. The summed E-state index contributed by atoms with van der Waals surface area (Å²) in [5.41, 5.74) is 0.354. The van der Waals surface area contributed by atoms with Crippen molar-refractivity contribution in [2.24, 2.45) is 0 Å². The van der Waals surface area contributed by atoms with Gasteiger partial charge in [-0.2, -0.15) is 5.26 Å². The third-order valence-corrected chi connectivity index (χ3v) is 2.84. The fourth-order valence-corrected chi connectivity index (χ4v) is 1.77. The van der Waals surface area contributed by atoms with Gasteiger partial charge in [-0.1, -0.05) is 0 Å². The Labute approximate surface area is 117 Å². The molecule has 0 atom stereocenters. The molecule has 0 spiro atoms. The molecule has 0 radical (unpaired) electrons. The number of aromatic carboxylic acids is 1. The molecule has 0 saturated heterocycles. The second kappa shape index (κ2) is 8.25. The number of halogens is 1. The quantitative estimate of drug-likeness (QED) is 0.787. The molecular formula is C14H17FN2O3. The number of methoxy groups -OCH3 is 1. The zero-order valence-electron chi connectivity index (χ0n) is 11.3. The van der Waals surface area contributed by atoms with E-state index in [0.29, 0.717) is 31.7 Å². The van der Waals surface area contributed by atoms with E-state index < -0.39 is 11.8 Å². The van der Waals surface area contributed by atoms with Gasteiger partial charge in [-0.05, 0) is 18.2 Å². The summed E-state index contributed by atoms with van der Waals surface area (Å²) >= 11 is 0. The molecule has 1 aromatic rings. The van der Waals surface area contributed by atoms with Crippen molar-refractivity contribution in [3.8, 4) is 6.07 Å². The van der Waals surface area contributed by atoms with E-state index in [1.807, 2.05) is 11.0 Å². The van der Waals surface area contributed by atoms with Gasteiger partial charge >= 0.3 is 5.97 Å². The standard InChI is InChI=1S/C14H17FN2O3/c1-20-8-7-17(6-2-5-16)10-12-9-11(14(18)19)3-4-13(12)15/h3-4,9H,2,6-8,10H2,1H3,(H,18,19). The lowest BCUT2D eigenvalue weighted by Crippen LogP contribution is -2.28. The second-order valence-corrected chi connectivity index (χ2v) is 4.29. The Morgan fingerprint density at radius 2 is 2.25 bits per heavy atom. The Morgan fingerprint density at radius 3 is 2.85 bits per heavy atom. The van der Waals surface area contributed by atoms with E-state index in [2.05, 4.69) is 0 Å². The van der Waals surface area contributed by atoms with E-state index in [1.165, 1.54) is 12.1 Å². The summed E-state index contributed by atoms with van der Waals surface area (Å²) in [5.74, 6) is -1.54. The summed E-state index contributed by atoms with van der Waals surface area (Å²) in [6.07, 6.45) is 0.323. The zero-order valence-corrected chi connectivity index (χ0v) is 11.3. The van der Waals surface area contributed by atoms with E-state index in [-0.39, 0.29) is 12.1 Å². The molecule has 0 amide bonds. The lowest BCUT2D eigenvalue weighted by atomic mass is 10.1. The van der Waals surface area contributed by atoms with Gasteiger partial charge in [0.15, 0.2) is 0 Å². The highest BCUT2D eigenvalue weighted by Gasteiger charge is 2.12. The summed E-state index contributed by atoms with van der Waals surface area (Å²) in [7, 11) is 1.56. The molecule has 6 heteroatoms. The van der Waals surface area contributed by atoms with Gasteiger partial charge in [-0.15, -0.1) is 0 Å². The van der Waals surface area contributed by atoms with Crippen LogP contribution in [-0.4, -0.2) is 42.8 Å². The van der Waals surface area contributed by atoms with E-state index in [1.54, 1.807) is 7.11 Å². The van der Waals surface area contributed by atoms with Crippen LogP contribution in [-0.2, 0) is 11.3 Å². The molecule has 0 aliphatic carbocycles. The minimum Gasteiger partial charge on any atom is -0.478 e. The summed E-state index contributed by atoms with van der Waals surface area (Å²) in [6, 6.07) is 5.74. The summed E-state index contributed by atoms with van der Waals surface area (Å²) < 4.78 is 18.7. The molecule has 5 nitrogen and oxygen atoms in total. The number of carbonyl (C=O) groups is 1. The normalized spacial score (nSPS) is 10.5. The van der Waals surface area contributed by atoms with Crippen LogP contribution in [0.2, 0.25) is 0 Å². The van der Waals surface area contributed by atoms with Crippen molar-refractivity contribution in [2.45, 2.75) is 13.0 Å². The smallest absolute Gasteiger partial charge is 0.335 e. The molecule has 0 bridgehead atoms. The van der Waals surface area contributed by atoms with Gasteiger partial charge in [-0.25, -0.2) is 9.18 Å². The maximum atomic E-state index is 13.7. The Hall–Kier alpha value is -1.97. The van der Waals surface area contributed by atoms with Gasteiger partial charge in [0.05, 0.1) is 18.2 Å². The van der Waals surface area contributed by atoms with Crippen LogP contribution in [0.25, 0.3) is 0 Å². The maximum absolute atomic E-state index is 13.7. The average molecular weight is 280 g/mol. The molecule has 0 unspecified atom stereocenters. The van der Waals surface area contributed by atoms with Gasteiger partial charge in [0, 0.05) is 38.7 Å². The molecule has 0 fully saturated rings. The molecule has 0 heterocycles. The number of hydrogen-bond donors (Lipinski definition) is 1. The molecule has 0 saturated carbocycles. The third kappa shape index (κ3) is 4.96. The number of benzene rings is 1. The number of nitrogens with zero attached hydrogens (tertiary/aromatic N) is 2. The van der Waals surface area contributed by atoms with Crippen molar-refractivity contribution in [3.63, 3.8) is 0 Å². The zero-order chi connectivity index (χ0) is 15.0. The number of carboxylic acids is 1. The van der Waals surface area contributed by atoms with Gasteiger partial charge in [0.2, 0.25) is 0 Å². The summed E-state index contributed by atoms with van der Waals surface area (Å²) in [5, 5.41) is 17.5. The first-order valence-electron chi connectivity index (χ1n) is 6.18. The fourth-order valence-electron chi connectivity index (χ4n) is 1.77. The first kappa shape index (κ1) is 16.1. The monoisotopic (exact) mass is 280 g/mol. The van der Waals surface area contributed by atoms with E-state index in [4.69, 9.17) is 15.1 Å². The number of nitriles is 1. The van der Waals surface area contributed by atoms with Crippen molar-refractivity contribution in [3.05, 3.63) is 35.1 Å². The van der Waals surface area contributed by atoms with Crippen molar-refractivity contribution < 1.29 is 19.0 Å². The molecule has 0 aliphatic heterocycles. The van der Waals surface area contributed by atoms with Gasteiger partial charge in [0.25, 0.3) is 0 Å². The van der Waals surface area contributed by atoms with Crippen LogP contribution in [0.5, 0.6) is 0 Å². The van der Waals surface area contributed by atoms with Gasteiger partial charge in [-0.3, -0.25) is 4.90 Å². The van der Waals surface area contributed by atoms with Crippen LogP contribution in [0.4, 0.5) is 4.39 Å². The third-order valence-electron chi connectivity index (χ3n) is 2.84. The van der Waals surface area contributed by atoms with Crippen LogP contribution in [0.3, 0.4) is 0 Å². The lowest BCUT2D eigenvalue weighted by Gasteiger charge is -2.21. The fraction of sp³-hybridized carbons (Fsp3) is 0.429. The molecule has 1 N–H and O–H groups in total. The number of hydrogen-bond acceptors (Lipinski definition) is 4. The van der Waals surface area contributed by atoms with E-state index in [0.717, 1.165) is 6.07 Å². The van der Waals surface area contributed by atoms with E-state index in [9.17, 15) is 9.18 Å². The molecular weight excluding hydrogens is 263 g/mol. The second-order valence-electron chi connectivity index (χ2n) is 4.29. The topological polar surface area (TPSA) is 73.6 Å². The number of ether oxygens (including phenoxy) is 1. The van der Waals surface area contributed by atoms with Crippen molar-refractivity contribution in [1.29, 1.82) is 5.26 Å². The highest BCUT2D eigenvalue weighted by Crippen LogP contribution is 2.13. The number of rotatable bonds is 8. The maximum Gasteiger partial charge on any atom is 0.335 e. The molecule has 0 aliphatic rings. The Bertz CT molecular complexity index is 500. The van der Waals surface area contributed by atoms with Crippen molar-refractivity contribution >= 4 is 5.97 Å². The Morgan fingerprint density at radius 1 is 1.50 bits per heavy atom. The molecule has 1 rings (SSSR count). The molecule has 108 valence electrons. The summed E-state index contributed by atoms with van der Waals surface area (Å²) in [6.45, 7) is 1.75. The van der Waals surface area contributed by atoms with E-state index >= 15 is 0 Å². The minimum atomic E-state index is -1.09. The SMILES string of the molecule is COCCN(CCC#N)Cc1cc(C(=O)O)ccc1F. The largest absolute Gasteiger partial charge is 0.478 e. The first-order valence-corrected chi connectivity index (χ1v) is 6.18. The van der Waals surface area contributed by atoms with Crippen LogP contribution in [0.1, 0.15) is 22.3 Å². The lowest BCUT2D eigenvalue weighted by molar-refractivity contribution is 0.0696. The van der Waals surface area contributed by atoms with Gasteiger partial charge in [0.1, 0.15) is 5.82 Å². The van der Waals surface area contributed by atoms with Crippen LogP contribution >= 0.6 is 0 Å².